The van der Waals surface area contributed by atoms with E-state index in [9.17, 15) is 9.59 Å². The van der Waals surface area contributed by atoms with E-state index in [2.05, 4.69) is 10.3 Å². The summed E-state index contributed by atoms with van der Waals surface area (Å²) in [4.78, 5) is 26.5. The van der Waals surface area contributed by atoms with E-state index in [0.29, 0.717) is 18.5 Å². The van der Waals surface area contributed by atoms with Crippen molar-refractivity contribution in [2.45, 2.75) is 66.0 Å². The maximum absolute atomic E-state index is 12.9. The molecule has 1 saturated heterocycles. The molecule has 1 fully saturated rings. The molecular weight excluding hydrogens is 332 g/mol. The first-order valence-electron chi connectivity index (χ1n) is 9.16. The van der Waals surface area contributed by atoms with Gasteiger partial charge < -0.3 is 9.42 Å². The number of aromatic nitrogens is 3. The van der Waals surface area contributed by atoms with Gasteiger partial charge in [-0.05, 0) is 47.0 Å². The predicted molar refractivity (Wildman–Crippen MR) is 95.9 cm³/mol. The zero-order valence-corrected chi connectivity index (χ0v) is 15.9. The minimum atomic E-state index is -0.0121. The molecule has 7 nitrogen and oxygen atoms in total. The van der Waals surface area contributed by atoms with E-state index in [0.717, 1.165) is 48.6 Å². The Morgan fingerprint density at radius 3 is 2.65 bits per heavy atom. The normalized spacial score (nSPS) is 17.5. The minimum Gasteiger partial charge on any atom is -0.361 e. The highest BCUT2D eigenvalue weighted by Crippen LogP contribution is 2.31. The monoisotopic (exact) mass is 358 g/mol. The number of hydrogen-bond acceptors (Lipinski definition) is 5. The van der Waals surface area contributed by atoms with E-state index in [1.54, 1.807) is 11.6 Å². The van der Waals surface area contributed by atoms with Gasteiger partial charge in [0, 0.05) is 31.3 Å². The summed E-state index contributed by atoms with van der Waals surface area (Å²) in [5.74, 6) is 0.861. The molecule has 0 aliphatic carbocycles. The molecule has 140 valence electrons. The molecule has 3 rings (SSSR count). The van der Waals surface area contributed by atoms with Gasteiger partial charge in [-0.25, -0.2) is 0 Å². The van der Waals surface area contributed by atoms with Crippen molar-refractivity contribution in [1.29, 1.82) is 0 Å². The lowest BCUT2D eigenvalue weighted by atomic mass is 9.98. The first-order valence-corrected chi connectivity index (χ1v) is 9.16. The standard InChI is InChI=1S/C19H26N4O3/c1-12-11-16(21-26-12)17-7-5-6-9-22(17)18(25)8-10-23-14(3)19(15(4)24)13(2)20-23/h11,17H,5-10H2,1-4H3/t17-/m0/s1. The average Bonchev–Trinajstić information content (AvgIpc) is 3.15. The average molecular weight is 358 g/mol. The zero-order valence-electron chi connectivity index (χ0n) is 15.9. The molecular formula is C19H26N4O3. The molecule has 1 aliphatic rings. The van der Waals surface area contributed by atoms with E-state index in [1.165, 1.54) is 0 Å². The zero-order chi connectivity index (χ0) is 18.8. The maximum atomic E-state index is 12.9. The number of ketones is 1. The molecule has 0 saturated carbocycles. The Balaban J connectivity index is 1.71. The van der Waals surface area contributed by atoms with Gasteiger partial charge in [-0.3, -0.25) is 14.3 Å². The van der Waals surface area contributed by atoms with E-state index in [1.807, 2.05) is 31.7 Å². The largest absolute Gasteiger partial charge is 0.361 e. The van der Waals surface area contributed by atoms with Gasteiger partial charge in [0.1, 0.15) is 11.5 Å². The fourth-order valence-corrected chi connectivity index (χ4v) is 3.85. The van der Waals surface area contributed by atoms with Crippen LogP contribution in [0.15, 0.2) is 10.6 Å². The van der Waals surface area contributed by atoms with Crippen LogP contribution >= 0.6 is 0 Å². The third kappa shape index (κ3) is 3.57. The lowest BCUT2D eigenvalue weighted by Gasteiger charge is -2.34. The molecule has 0 aromatic carbocycles. The van der Waals surface area contributed by atoms with E-state index in [4.69, 9.17) is 4.52 Å². The summed E-state index contributed by atoms with van der Waals surface area (Å²) in [6, 6.07) is 1.90. The topological polar surface area (TPSA) is 81.2 Å². The van der Waals surface area contributed by atoms with Crippen molar-refractivity contribution in [3.05, 3.63) is 34.5 Å². The van der Waals surface area contributed by atoms with Gasteiger partial charge in [0.25, 0.3) is 0 Å². The van der Waals surface area contributed by atoms with Gasteiger partial charge in [0.05, 0.1) is 17.3 Å². The second kappa shape index (κ2) is 7.43. The maximum Gasteiger partial charge on any atom is 0.225 e. The highest BCUT2D eigenvalue weighted by molar-refractivity contribution is 5.96. The fourth-order valence-electron chi connectivity index (χ4n) is 3.85. The van der Waals surface area contributed by atoms with Gasteiger partial charge in [-0.1, -0.05) is 5.16 Å². The second-order valence-electron chi connectivity index (χ2n) is 7.04. The van der Waals surface area contributed by atoms with Crippen molar-refractivity contribution in [1.82, 2.24) is 19.8 Å². The number of nitrogens with zero attached hydrogens (tertiary/aromatic N) is 4. The Bertz CT molecular complexity index is 821. The van der Waals surface area contributed by atoms with Gasteiger partial charge in [0.2, 0.25) is 5.91 Å². The van der Waals surface area contributed by atoms with Crippen molar-refractivity contribution < 1.29 is 14.1 Å². The molecule has 0 N–H and O–H groups in total. The van der Waals surface area contributed by atoms with Gasteiger partial charge in [0.15, 0.2) is 5.78 Å². The Morgan fingerprint density at radius 2 is 2.04 bits per heavy atom. The predicted octanol–water partition coefficient (Wildman–Crippen LogP) is 3.14. The Kier molecular flexibility index (Phi) is 5.25. The van der Waals surface area contributed by atoms with Crippen LogP contribution in [0.4, 0.5) is 0 Å². The molecule has 0 spiro atoms. The van der Waals surface area contributed by atoms with Crippen LogP contribution in [-0.4, -0.2) is 38.1 Å². The summed E-state index contributed by atoms with van der Waals surface area (Å²) in [6.07, 6.45) is 3.35. The molecule has 0 bridgehead atoms. The summed E-state index contributed by atoms with van der Waals surface area (Å²) in [6.45, 7) is 8.33. The highest BCUT2D eigenvalue weighted by atomic mass is 16.5. The number of aryl methyl sites for hydroxylation is 3. The first kappa shape index (κ1) is 18.4. The summed E-state index contributed by atoms with van der Waals surface area (Å²) in [5.41, 5.74) is 3.04. The van der Waals surface area contributed by atoms with Crippen molar-refractivity contribution in [3.63, 3.8) is 0 Å². The van der Waals surface area contributed by atoms with Crippen LogP contribution in [-0.2, 0) is 11.3 Å². The third-order valence-electron chi connectivity index (χ3n) is 5.08. The summed E-state index contributed by atoms with van der Waals surface area (Å²) in [5, 5.41) is 8.54. The molecule has 7 heteroatoms. The van der Waals surface area contributed by atoms with E-state index in [-0.39, 0.29) is 17.7 Å². The van der Waals surface area contributed by atoms with Gasteiger partial charge in [-0.2, -0.15) is 5.10 Å². The minimum absolute atomic E-state index is 0.00933. The van der Waals surface area contributed by atoms with Crippen LogP contribution < -0.4 is 0 Å². The molecule has 1 aliphatic heterocycles. The van der Waals surface area contributed by atoms with Crippen molar-refractivity contribution in [2.24, 2.45) is 0 Å². The van der Waals surface area contributed by atoms with E-state index >= 15 is 0 Å². The number of likely N-dealkylation sites (tertiary alicyclic amines) is 1. The van der Waals surface area contributed by atoms with Crippen molar-refractivity contribution in [3.8, 4) is 0 Å². The number of Topliss-reactive ketones (excluding diaryl/α,β-unsaturated/α-hetero) is 1. The third-order valence-corrected chi connectivity index (χ3v) is 5.08. The lowest BCUT2D eigenvalue weighted by molar-refractivity contribution is -0.135. The number of carbonyl (C=O) groups is 2. The van der Waals surface area contributed by atoms with Crippen molar-refractivity contribution >= 4 is 11.7 Å². The van der Waals surface area contributed by atoms with Gasteiger partial charge >= 0.3 is 0 Å². The van der Waals surface area contributed by atoms with Crippen LogP contribution in [0.2, 0.25) is 0 Å². The Hall–Kier alpha value is -2.44. The van der Waals surface area contributed by atoms with Crippen LogP contribution in [0.3, 0.4) is 0 Å². The molecule has 3 heterocycles. The number of piperidine rings is 1. The first-order chi connectivity index (χ1) is 12.4. The molecule has 2 aromatic rings. The Morgan fingerprint density at radius 1 is 1.27 bits per heavy atom. The quantitative estimate of drug-likeness (QED) is 0.767. The second-order valence-corrected chi connectivity index (χ2v) is 7.04. The Labute approximate surface area is 153 Å². The number of hydrogen-bond donors (Lipinski definition) is 0. The number of rotatable bonds is 5. The highest BCUT2D eigenvalue weighted by Gasteiger charge is 2.30. The van der Waals surface area contributed by atoms with Gasteiger partial charge in [-0.15, -0.1) is 0 Å². The fraction of sp³-hybridized carbons (Fsp3) is 0.579. The lowest BCUT2D eigenvalue weighted by Crippen LogP contribution is -2.39. The van der Waals surface area contributed by atoms with Crippen molar-refractivity contribution in [2.75, 3.05) is 6.54 Å². The molecule has 0 unspecified atom stereocenters. The van der Waals surface area contributed by atoms with Crippen LogP contribution in [0.25, 0.3) is 0 Å². The summed E-state index contributed by atoms with van der Waals surface area (Å²) < 4.78 is 6.96. The molecule has 0 radical (unpaired) electrons. The number of amides is 1. The molecule has 1 amide bonds. The van der Waals surface area contributed by atoms with E-state index < -0.39 is 0 Å². The molecule has 26 heavy (non-hydrogen) atoms. The number of carbonyl (C=O) groups excluding carboxylic acids is 2. The summed E-state index contributed by atoms with van der Waals surface area (Å²) in [7, 11) is 0. The smallest absolute Gasteiger partial charge is 0.225 e. The van der Waals surface area contributed by atoms with Crippen LogP contribution in [0.5, 0.6) is 0 Å². The van der Waals surface area contributed by atoms with Crippen LogP contribution in [0, 0.1) is 20.8 Å². The molecule has 1 atom stereocenters. The van der Waals surface area contributed by atoms with Crippen LogP contribution in [0.1, 0.15) is 71.8 Å². The molecule has 2 aromatic heterocycles. The SMILES string of the molecule is CC(=O)c1c(C)nn(CCC(=O)N2CCCC[C@H]2c2cc(C)on2)c1C. The summed E-state index contributed by atoms with van der Waals surface area (Å²) >= 11 is 0.